The largest absolute Gasteiger partial charge is 0.293 e. The van der Waals surface area contributed by atoms with Crippen LogP contribution in [0.5, 0.6) is 0 Å². The molecule has 86 valence electrons. The van der Waals surface area contributed by atoms with Crippen molar-refractivity contribution in [3.63, 3.8) is 0 Å². The number of rotatable bonds is 2. The number of nitrogens with one attached hydrogen (secondary N) is 1. The highest BCUT2D eigenvalue weighted by Crippen LogP contribution is 2.13. The fourth-order valence-electron chi connectivity index (χ4n) is 1.89. The van der Waals surface area contributed by atoms with Gasteiger partial charge in [-0.1, -0.05) is 20.8 Å². The van der Waals surface area contributed by atoms with Crippen LogP contribution in [-0.4, -0.2) is 14.6 Å². The molecular weight excluding hydrogens is 202 g/mol. The van der Waals surface area contributed by atoms with Crippen molar-refractivity contribution in [2.75, 3.05) is 0 Å². The van der Waals surface area contributed by atoms with Crippen molar-refractivity contribution >= 4 is 5.65 Å². The Morgan fingerprint density at radius 2 is 2.19 bits per heavy atom. The normalized spacial score (nSPS) is 11.6. The van der Waals surface area contributed by atoms with Crippen LogP contribution in [0.2, 0.25) is 0 Å². The molecule has 0 fully saturated rings. The standard InChI is InChI=1S/C12H17N3O/c1-5-9-8(4)13-11-6-10(7(2)3)14-15(11)12(9)16/h6-7,14H,5H2,1-4H3. The number of aromatic amines is 1. The summed E-state index contributed by atoms with van der Waals surface area (Å²) in [6, 6.07) is 1.94. The maximum Gasteiger partial charge on any atom is 0.276 e. The molecule has 1 N–H and O–H groups in total. The van der Waals surface area contributed by atoms with Crippen molar-refractivity contribution in [2.24, 2.45) is 0 Å². The second-order valence-electron chi connectivity index (χ2n) is 4.39. The monoisotopic (exact) mass is 219 g/mol. The second-order valence-corrected chi connectivity index (χ2v) is 4.39. The van der Waals surface area contributed by atoms with E-state index in [9.17, 15) is 4.79 Å². The van der Waals surface area contributed by atoms with Gasteiger partial charge in [0, 0.05) is 23.0 Å². The Kier molecular flexibility index (Phi) is 2.58. The SMILES string of the molecule is CCc1c(C)nc2cc(C(C)C)[nH]n2c1=O. The minimum atomic E-state index is 0.0249. The Morgan fingerprint density at radius 1 is 1.50 bits per heavy atom. The predicted octanol–water partition coefficient (Wildman–Crippen LogP) is 2.02. The Balaban J connectivity index is 2.79. The van der Waals surface area contributed by atoms with Crippen molar-refractivity contribution in [1.29, 1.82) is 0 Å². The Morgan fingerprint density at radius 3 is 2.75 bits per heavy atom. The number of nitrogens with zero attached hydrogens (tertiary/aromatic N) is 2. The van der Waals surface area contributed by atoms with E-state index >= 15 is 0 Å². The fraction of sp³-hybridized carbons (Fsp3) is 0.500. The zero-order chi connectivity index (χ0) is 11.9. The maximum absolute atomic E-state index is 12.1. The number of hydrogen-bond donors (Lipinski definition) is 1. The van der Waals surface area contributed by atoms with Crippen LogP contribution < -0.4 is 5.56 Å². The van der Waals surface area contributed by atoms with E-state index in [-0.39, 0.29) is 5.56 Å². The molecule has 2 aromatic rings. The van der Waals surface area contributed by atoms with Crippen LogP contribution in [0.4, 0.5) is 0 Å². The molecule has 2 heterocycles. The molecule has 0 aromatic carbocycles. The molecule has 16 heavy (non-hydrogen) atoms. The molecule has 0 unspecified atom stereocenters. The molecular formula is C12H17N3O. The lowest BCUT2D eigenvalue weighted by Gasteiger charge is -2.01. The Bertz CT molecular complexity index is 578. The lowest BCUT2D eigenvalue weighted by molar-refractivity contribution is 0.767. The molecule has 0 aliphatic carbocycles. The van der Waals surface area contributed by atoms with Crippen LogP contribution in [0, 0.1) is 6.92 Å². The van der Waals surface area contributed by atoms with Gasteiger partial charge in [-0.15, -0.1) is 0 Å². The van der Waals surface area contributed by atoms with E-state index < -0.39 is 0 Å². The molecule has 0 saturated heterocycles. The molecule has 0 spiro atoms. The van der Waals surface area contributed by atoms with E-state index in [2.05, 4.69) is 23.9 Å². The third-order valence-electron chi connectivity index (χ3n) is 2.91. The van der Waals surface area contributed by atoms with Gasteiger partial charge in [0.05, 0.1) is 0 Å². The lowest BCUT2D eigenvalue weighted by atomic mass is 10.1. The number of hydrogen-bond acceptors (Lipinski definition) is 2. The average molecular weight is 219 g/mol. The molecule has 0 bridgehead atoms. The molecule has 0 aliphatic rings. The first-order chi connectivity index (χ1) is 7.54. The summed E-state index contributed by atoms with van der Waals surface area (Å²) in [6.07, 6.45) is 0.719. The quantitative estimate of drug-likeness (QED) is 0.840. The van der Waals surface area contributed by atoms with Gasteiger partial charge in [0.15, 0.2) is 5.65 Å². The number of aromatic nitrogens is 3. The minimum absolute atomic E-state index is 0.0249. The first-order valence-electron chi connectivity index (χ1n) is 5.65. The van der Waals surface area contributed by atoms with E-state index in [1.807, 2.05) is 19.9 Å². The average Bonchev–Trinajstić information content (AvgIpc) is 2.62. The Hall–Kier alpha value is -1.58. The maximum atomic E-state index is 12.1. The van der Waals surface area contributed by atoms with Gasteiger partial charge >= 0.3 is 0 Å². The predicted molar refractivity (Wildman–Crippen MR) is 64.0 cm³/mol. The highest BCUT2D eigenvalue weighted by molar-refractivity contribution is 5.42. The summed E-state index contributed by atoms with van der Waals surface area (Å²) < 4.78 is 1.54. The zero-order valence-electron chi connectivity index (χ0n) is 10.2. The second kappa shape index (κ2) is 3.77. The van der Waals surface area contributed by atoms with Crippen LogP contribution in [0.3, 0.4) is 0 Å². The molecule has 0 atom stereocenters. The van der Waals surface area contributed by atoms with Crippen molar-refractivity contribution in [2.45, 2.75) is 40.0 Å². The summed E-state index contributed by atoms with van der Waals surface area (Å²) in [5.74, 6) is 0.367. The number of H-pyrrole nitrogens is 1. The highest BCUT2D eigenvalue weighted by atomic mass is 16.1. The van der Waals surface area contributed by atoms with E-state index in [1.165, 1.54) is 0 Å². The summed E-state index contributed by atoms with van der Waals surface area (Å²) in [5.41, 5.74) is 3.40. The van der Waals surface area contributed by atoms with E-state index in [1.54, 1.807) is 4.52 Å². The van der Waals surface area contributed by atoms with E-state index in [4.69, 9.17) is 0 Å². The third-order valence-corrected chi connectivity index (χ3v) is 2.91. The van der Waals surface area contributed by atoms with Crippen molar-refractivity contribution in [3.8, 4) is 0 Å². The van der Waals surface area contributed by atoms with Crippen LogP contribution in [-0.2, 0) is 6.42 Å². The fourth-order valence-corrected chi connectivity index (χ4v) is 1.89. The molecule has 0 saturated carbocycles. The molecule has 4 nitrogen and oxygen atoms in total. The molecule has 0 aliphatic heterocycles. The lowest BCUT2D eigenvalue weighted by Crippen LogP contribution is -2.21. The van der Waals surface area contributed by atoms with Crippen LogP contribution in [0.15, 0.2) is 10.9 Å². The van der Waals surface area contributed by atoms with Crippen LogP contribution in [0.1, 0.15) is 43.6 Å². The zero-order valence-corrected chi connectivity index (χ0v) is 10.2. The van der Waals surface area contributed by atoms with Crippen LogP contribution >= 0.6 is 0 Å². The summed E-state index contributed by atoms with van der Waals surface area (Å²) in [5, 5.41) is 3.11. The van der Waals surface area contributed by atoms with Gasteiger partial charge < -0.3 is 0 Å². The van der Waals surface area contributed by atoms with Crippen LogP contribution in [0.25, 0.3) is 5.65 Å². The summed E-state index contributed by atoms with van der Waals surface area (Å²) >= 11 is 0. The van der Waals surface area contributed by atoms with Gasteiger partial charge in [-0.3, -0.25) is 9.89 Å². The van der Waals surface area contributed by atoms with Crippen molar-refractivity contribution in [3.05, 3.63) is 33.4 Å². The Labute approximate surface area is 94.3 Å². The van der Waals surface area contributed by atoms with E-state index in [0.717, 1.165) is 23.4 Å². The highest BCUT2D eigenvalue weighted by Gasteiger charge is 2.11. The van der Waals surface area contributed by atoms with Gasteiger partial charge in [0.25, 0.3) is 5.56 Å². The first-order valence-corrected chi connectivity index (χ1v) is 5.65. The van der Waals surface area contributed by atoms with Gasteiger partial charge in [-0.2, -0.15) is 0 Å². The van der Waals surface area contributed by atoms with E-state index in [0.29, 0.717) is 11.6 Å². The van der Waals surface area contributed by atoms with Gasteiger partial charge in [0.1, 0.15) is 0 Å². The topological polar surface area (TPSA) is 50.2 Å². The van der Waals surface area contributed by atoms with Gasteiger partial charge in [0.2, 0.25) is 0 Å². The summed E-state index contributed by atoms with van der Waals surface area (Å²) in [4.78, 5) is 16.6. The minimum Gasteiger partial charge on any atom is -0.293 e. The first kappa shape index (κ1) is 10.9. The van der Waals surface area contributed by atoms with Gasteiger partial charge in [-0.25, -0.2) is 9.50 Å². The van der Waals surface area contributed by atoms with Crippen molar-refractivity contribution in [1.82, 2.24) is 14.6 Å². The molecule has 2 aromatic heterocycles. The summed E-state index contributed by atoms with van der Waals surface area (Å²) in [6.45, 7) is 8.04. The molecule has 0 amide bonds. The molecule has 2 rings (SSSR count). The molecule has 0 radical (unpaired) electrons. The van der Waals surface area contributed by atoms with Crippen molar-refractivity contribution < 1.29 is 0 Å². The number of aryl methyl sites for hydroxylation is 1. The van der Waals surface area contributed by atoms with Gasteiger partial charge in [-0.05, 0) is 19.3 Å². The summed E-state index contributed by atoms with van der Waals surface area (Å²) in [7, 11) is 0. The third kappa shape index (κ3) is 1.54. The smallest absolute Gasteiger partial charge is 0.276 e. The molecule has 4 heteroatoms. The number of fused-ring (bicyclic) bond motifs is 1.